The van der Waals surface area contributed by atoms with Crippen LogP contribution in [0.5, 0.6) is 0 Å². The molecular formula is C13H12FNO. The summed E-state index contributed by atoms with van der Waals surface area (Å²) in [6, 6.07) is 0. The molecule has 2 nitrogen and oxygen atoms in total. The van der Waals surface area contributed by atoms with Crippen LogP contribution in [0.1, 0.15) is 35.1 Å². The molecule has 0 amide bonds. The Hall–Kier alpha value is -1.47. The Morgan fingerprint density at radius 2 is 1.44 bits per heavy atom. The number of rotatable bonds is 1. The van der Waals surface area contributed by atoms with E-state index >= 15 is 0 Å². The fourth-order valence-electron chi connectivity index (χ4n) is 3.04. The SMILES string of the molecule is O=C=Nc1c2c(c(F)c3c1CCC3)CCC2. The number of aliphatic imine (C=N–C) groups is 1. The molecule has 0 saturated heterocycles. The van der Waals surface area contributed by atoms with Crippen molar-refractivity contribution in [2.24, 2.45) is 4.99 Å². The lowest BCUT2D eigenvalue weighted by Gasteiger charge is -2.11. The molecule has 16 heavy (non-hydrogen) atoms. The fourth-order valence-corrected chi connectivity index (χ4v) is 3.04. The van der Waals surface area contributed by atoms with Crippen LogP contribution in [0.4, 0.5) is 10.1 Å². The highest BCUT2D eigenvalue weighted by Crippen LogP contribution is 2.42. The minimum Gasteiger partial charge on any atom is -0.211 e. The minimum atomic E-state index is -0.0233. The molecule has 0 bridgehead atoms. The summed E-state index contributed by atoms with van der Waals surface area (Å²) in [7, 11) is 0. The van der Waals surface area contributed by atoms with Crippen LogP contribution in [0.2, 0.25) is 0 Å². The van der Waals surface area contributed by atoms with E-state index < -0.39 is 0 Å². The molecular weight excluding hydrogens is 205 g/mol. The highest BCUT2D eigenvalue weighted by atomic mass is 19.1. The Bertz CT molecular complexity index is 480. The lowest BCUT2D eigenvalue weighted by Crippen LogP contribution is -1.98. The highest BCUT2D eigenvalue weighted by Gasteiger charge is 2.28. The molecule has 0 atom stereocenters. The summed E-state index contributed by atoms with van der Waals surface area (Å²) in [6.07, 6.45) is 6.82. The number of isocyanates is 1. The Labute approximate surface area is 93.2 Å². The average molecular weight is 217 g/mol. The number of nitrogens with zero attached hydrogens (tertiary/aromatic N) is 1. The Balaban J connectivity index is 2.35. The van der Waals surface area contributed by atoms with Gasteiger partial charge in [0.05, 0.1) is 5.69 Å². The van der Waals surface area contributed by atoms with Crippen LogP contribution < -0.4 is 0 Å². The Morgan fingerprint density at radius 3 is 1.94 bits per heavy atom. The zero-order valence-corrected chi connectivity index (χ0v) is 8.98. The van der Waals surface area contributed by atoms with Gasteiger partial charge in [0.2, 0.25) is 6.08 Å². The molecule has 3 heteroatoms. The third kappa shape index (κ3) is 1.18. The van der Waals surface area contributed by atoms with E-state index in [0.29, 0.717) is 0 Å². The lowest BCUT2D eigenvalue weighted by molar-refractivity contribution is 0.565. The van der Waals surface area contributed by atoms with Gasteiger partial charge >= 0.3 is 0 Å². The van der Waals surface area contributed by atoms with E-state index in [1.165, 1.54) is 0 Å². The van der Waals surface area contributed by atoms with Crippen LogP contribution in [0.15, 0.2) is 4.99 Å². The fraction of sp³-hybridized carbons (Fsp3) is 0.462. The first-order chi connectivity index (χ1) is 7.83. The predicted octanol–water partition coefficient (Wildman–Crippen LogP) is 2.77. The molecule has 0 spiro atoms. The van der Waals surface area contributed by atoms with Crippen molar-refractivity contribution in [3.63, 3.8) is 0 Å². The first-order valence-corrected chi connectivity index (χ1v) is 5.75. The maximum absolute atomic E-state index is 14.2. The second-order valence-corrected chi connectivity index (χ2v) is 4.49. The van der Waals surface area contributed by atoms with E-state index in [1.807, 2.05) is 0 Å². The van der Waals surface area contributed by atoms with Crippen molar-refractivity contribution in [1.82, 2.24) is 0 Å². The third-order valence-electron chi connectivity index (χ3n) is 3.69. The molecule has 0 aliphatic heterocycles. The summed E-state index contributed by atoms with van der Waals surface area (Å²) in [6.45, 7) is 0. The van der Waals surface area contributed by atoms with Crippen LogP contribution in [0.3, 0.4) is 0 Å². The normalized spacial score (nSPS) is 16.8. The summed E-state index contributed by atoms with van der Waals surface area (Å²) in [4.78, 5) is 14.3. The van der Waals surface area contributed by atoms with Crippen molar-refractivity contribution in [2.75, 3.05) is 0 Å². The molecule has 2 aliphatic carbocycles. The van der Waals surface area contributed by atoms with Crippen molar-refractivity contribution in [2.45, 2.75) is 38.5 Å². The molecule has 0 saturated carbocycles. The molecule has 0 fully saturated rings. The summed E-state index contributed by atoms with van der Waals surface area (Å²) in [5, 5.41) is 0. The molecule has 0 N–H and O–H groups in total. The average Bonchev–Trinajstić information content (AvgIpc) is 2.92. The highest BCUT2D eigenvalue weighted by molar-refractivity contribution is 5.66. The van der Waals surface area contributed by atoms with Gasteiger partial charge in [-0.3, -0.25) is 0 Å². The molecule has 0 heterocycles. The predicted molar refractivity (Wildman–Crippen MR) is 58.2 cm³/mol. The van der Waals surface area contributed by atoms with Gasteiger partial charge in [-0.05, 0) is 60.8 Å². The Morgan fingerprint density at radius 1 is 0.938 bits per heavy atom. The third-order valence-corrected chi connectivity index (χ3v) is 3.69. The maximum atomic E-state index is 14.2. The molecule has 0 aromatic heterocycles. The topological polar surface area (TPSA) is 29.4 Å². The first-order valence-electron chi connectivity index (χ1n) is 5.75. The van der Waals surface area contributed by atoms with Gasteiger partial charge in [0.15, 0.2) is 0 Å². The smallest absolute Gasteiger partial charge is 0.211 e. The Kier molecular flexibility index (Phi) is 2.15. The standard InChI is InChI=1S/C13H12FNO/c14-12-8-3-1-5-10(8)13(15-7-16)11-6-2-4-9(11)12/h1-6H2. The zero-order chi connectivity index (χ0) is 11.1. The summed E-state index contributed by atoms with van der Waals surface area (Å²) in [5.74, 6) is -0.0233. The van der Waals surface area contributed by atoms with E-state index in [1.54, 1.807) is 6.08 Å². The molecule has 1 aromatic carbocycles. The van der Waals surface area contributed by atoms with E-state index in [0.717, 1.165) is 66.5 Å². The van der Waals surface area contributed by atoms with E-state index in [2.05, 4.69) is 4.99 Å². The monoisotopic (exact) mass is 217 g/mol. The van der Waals surface area contributed by atoms with Crippen LogP contribution in [0.25, 0.3) is 0 Å². The van der Waals surface area contributed by atoms with Crippen LogP contribution in [0, 0.1) is 5.82 Å². The number of hydrogen-bond acceptors (Lipinski definition) is 2. The van der Waals surface area contributed by atoms with Gasteiger partial charge in [0.1, 0.15) is 5.82 Å². The molecule has 82 valence electrons. The number of carbonyl (C=O) groups excluding carboxylic acids is 1. The van der Waals surface area contributed by atoms with Gasteiger partial charge in [-0.2, -0.15) is 4.99 Å². The quantitative estimate of drug-likeness (QED) is 0.525. The number of halogens is 1. The number of hydrogen-bond donors (Lipinski definition) is 0. The molecule has 2 aliphatic rings. The van der Waals surface area contributed by atoms with Crippen LogP contribution in [-0.2, 0) is 30.5 Å². The van der Waals surface area contributed by atoms with Crippen molar-refractivity contribution >= 4 is 11.8 Å². The van der Waals surface area contributed by atoms with Gasteiger partial charge in [-0.15, -0.1) is 0 Å². The molecule has 3 rings (SSSR count). The van der Waals surface area contributed by atoms with Crippen molar-refractivity contribution < 1.29 is 9.18 Å². The van der Waals surface area contributed by atoms with Gasteiger partial charge in [0.25, 0.3) is 0 Å². The van der Waals surface area contributed by atoms with E-state index in [4.69, 9.17) is 0 Å². The molecule has 0 unspecified atom stereocenters. The van der Waals surface area contributed by atoms with E-state index in [9.17, 15) is 9.18 Å². The van der Waals surface area contributed by atoms with Crippen LogP contribution in [-0.4, -0.2) is 6.08 Å². The number of fused-ring (bicyclic) bond motifs is 2. The minimum absolute atomic E-state index is 0.0233. The van der Waals surface area contributed by atoms with Crippen LogP contribution >= 0.6 is 0 Å². The zero-order valence-electron chi connectivity index (χ0n) is 8.98. The largest absolute Gasteiger partial charge is 0.240 e. The second kappa shape index (κ2) is 3.53. The van der Waals surface area contributed by atoms with Gasteiger partial charge in [0, 0.05) is 0 Å². The summed E-state index contributed by atoms with van der Waals surface area (Å²) in [5.41, 5.74) is 4.25. The number of benzene rings is 1. The summed E-state index contributed by atoms with van der Waals surface area (Å²) >= 11 is 0. The first kappa shape index (κ1) is 9.73. The van der Waals surface area contributed by atoms with Gasteiger partial charge in [-0.25, -0.2) is 9.18 Å². The summed E-state index contributed by atoms with van der Waals surface area (Å²) < 4.78 is 14.2. The van der Waals surface area contributed by atoms with Gasteiger partial charge < -0.3 is 0 Å². The lowest BCUT2D eigenvalue weighted by atomic mass is 9.98. The van der Waals surface area contributed by atoms with Crippen molar-refractivity contribution in [3.8, 4) is 0 Å². The molecule has 1 aromatic rings. The van der Waals surface area contributed by atoms with Crippen molar-refractivity contribution in [1.29, 1.82) is 0 Å². The van der Waals surface area contributed by atoms with E-state index in [-0.39, 0.29) is 5.82 Å². The molecule has 0 radical (unpaired) electrons. The van der Waals surface area contributed by atoms with Gasteiger partial charge in [-0.1, -0.05) is 0 Å². The second-order valence-electron chi connectivity index (χ2n) is 4.49. The maximum Gasteiger partial charge on any atom is 0.240 e. The van der Waals surface area contributed by atoms with Crippen molar-refractivity contribution in [3.05, 3.63) is 28.1 Å².